The number of nitrogens with zero attached hydrogens (tertiary/aromatic N) is 2. The van der Waals surface area contributed by atoms with Crippen LogP contribution in [-0.4, -0.2) is 9.78 Å². The van der Waals surface area contributed by atoms with Crippen LogP contribution >= 0.6 is 0 Å². The van der Waals surface area contributed by atoms with E-state index in [2.05, 4.69) is 10.5 Å². The van der Waals surface area contributed by atoms with Crippen LogP contribution in [0.5, 0.6) is 0 Å². The molecule has 2 heterocycles. The molecule has 1 atom stereocenters. The molecule has 0 aliphatic carbocycles. The number of furan rings is 1. The van der Waals surface area contributed by atoms with Gasteiger partial charge in [-0.05, 0) is 6.07 Å². The van der Waals surface area contributed by atoms with Crippen LogP contribution in [0.25, 0.3) is 0 Å². The second kappa shape index (κ2) is 3.76. The molecular weight excluding hydrogens is 194 g/mol. The topological polar surface area (TPSA) is 95.0 Å². The van der Waals surface area contributed by atoms with Crippen molar-refractivity contribution in [2.24, 2.45) is 12.9 Å². The predicted molar refractivity (Wildman–Crippen MR) is 55.5 cm³/mol. The van der Waals surface area contributed by atoms with Crippen LogP contribution in [0.15, 0.2) is 29.2 Å². The standard InChI is InChI=1S/C9H13N5O/c1-14-9(10)7(4-12-14)8(13-11)6-2-3-15-5-6/h2-5,8,13H,10-11H2,1H3. The molecule has 0 bridgehead atoms. The maximum Gasteiger partial charge on any atom is 0.126 e. The molecule has 0 amide bonds. The molecule has 15 heavy (non-hydrogen) atoms. The van der Waals surface area contributed by atoms with Crippen molar-refractivity contribution in [2.45, 2.75) is 6.04 Å². The lowest BCUT2D eigenvalue weighted by atomic mass is 10.1. The lowest BCUT2D eigenvalue weighted by Crippen LogP contribution is -2.28. The molecule has 2 aromatic heterocycles. The van der Waals surface area contributed by atoms with Crippen LogP contribution in [-0.2, 0) is 7.05 Å². The van der Waals surface area contributed by atoms with Crippen LogP contribution in [0.3, 0.4) is 0 Å². The summed E-state index contributed by atoms with van der Waals surface area (Å²) in [6, 6.07) is 1.63. The van der Waals surface area contributed by atoms with E-state index < -0.39 is 0 Å². The van der Waals surface area contributed by atoms with E-state index in [0.717, 1.165) is 11.1 Å². The van der Waals surface area contributed by atoms with Crippen molar-refractivity contribution in [1.82, 2.24) is 15.2 Å². The summed E-state index contributed by atoms with van der Waals surface area (Å²) in [6.45, 7) is 0. The average Bonchev–Trinajstić information content (AvgIpc) is 2.84. The highest BCUT2D eigenvalue weighted by Gasteiger charge is 2.18. The Morgan fingerprint density at radius 1 is 1.60 bits per heavy atom. The first kappa shape index (κ1) is 9.75. The SMILES string of the molecule is Cn1ncc(C(NN)c2ccoc2)c1N. The van der Waals surface area contributed by atoms with Gasteiger partial charge in [0, 0.05) is 18.2 Å². The largest absolute Gasteiger partial charge is 0.472 e. The molecule has 2 aromatic rings. The first-order valence-electron chi connectivity index (χ1n) is 4.49. The van der Waals surface area contributed by atoms with Crippen molar-refractivity contribution in [1.29, 1.82) is 0 Å². The van der Waals surface area contributed by atoms with Crippen LogP contribution < -0.4 is 17.0 Å². The van der Waals surface area contributed by atoms with E-state index in [9.17, 15) is 0 Å². The molecule has 80 valence electrons. The molecule has 0 spiro atoms. The molecule has 2 rings (SSSR count). The second-order valence-electron chi connectivity index (χ2n) is 3.27. The normalized spacial score (nSPS) is 12.9. The zero-order chi connectivity index (χ0) is 10.8. The number of hydrazine groups is 1. The molecule has 0 aliphatic heterocycles. The van der Waals surface area contributed by atoms with E-state index >= 15 is 0 Å². The van der Waals surface area contributed by atoms with Crippen molar-refractivity contribution in [2.75, 3.05) is 5.73 Å². The third-order valence-electron chi connectivity index (χ3n) is 2.37. The maximum absolute atomic E-state index is 5.86. The minimum absolute atomic E-state index is 0.197. The van der Waals surface area contributed by atoms with E-state index in [1.165, 1.54) is 0 Å². The van der Waals surface area contributed by atoms with Crippen molar-refractivity contribution in [3.05, 3.63) is 35.9 Å². The van der Waals surface area contributed by atoms with Crippen molar-refractivity contribution in [3.63, 3.8) is 0 Å². The Morgan fingerprint density at radius 2 is 2.40 bits per heavy atom. The number of aryl methyl sites for hydroxylation is 1. The van der Waals surface area contributed by atoms with Gasteiger partial charge in [-0.2, -0.15) is 5.10 Å². The lowest BCUT2D eigenvalue weighted by molar-refractivity contribution is 0.553. The van der Waals surface area contributed by atoms with Crippen LogP contribution in [0.4, 0.5) is 5.82 Å². The molecule has 6 heteroatoms. The van der Waals surface area contributed by atoms with Gasteiger partial charge in [-0.15, -0.1) is 0 Å². The quantitative estimate of drug-likeness (QED) is 0.492. The highest BCUT2D eigenvalue weighted by molar-refractivity contribution is 5.44. The van der Waals surface area contributed by atoms with Gasteiger partial charge in [0.05, 0.1) is 24.8 Å². The van der Waals surface area contributed by atoms with Crippen molar-refractivity contribution in [3.8, 4) is 0 Å². The smallest absolute Gasteiger partial charge is 0.126 e. The van der Waals surface area contributed by atoms with E-state index in [1.807, 2.05) is 6.07 Å². The summed E-state index contributed by atoms with van der Waals surface area (Å²) in [5.74, 6) is 6.07. The minimum atomic E-state index is -0.197. The molecule has 0 saturated heterocycles. The Hall–Kier alpha value is -1.79. The summed E-state index contributed by atoms with van der Waals surface area (Å²) >= 11 is 0. The number of anilines is 1. The number of hydrogen-bond donors (Lipinski definition) is 3. The van der Waals surface area contributed by atoms with Gasteiger partial charge in [-0.1, -0.05) is 0 Å². The molecule has 0 aromatic carbocycles. The van der Waals surface area contributed by atoms with Gasteiger partial charge in [-0.25, -0.2) is 5.43 Å². The molecule has 0 fully saturated rings. The molecule has 5 N–H and O–H groups in total. The van der Waals surface area contributed by atoms with Gasteiger partial charge in [0.15, 0.2) is 0 Å². The number of nitrogen functional groups attached to an aromatic ring is 1. The van der Waals surface area contributed by atoms with Gasteiger partial charge >= 0.3 is 0 Å². The number of rotatable bonds is 3. The monoisotopic (exact) mass is 207 g/mol. The third-order valence-corrected chi connectivity index (χ3v) is 2.37. The van der Waals surface area contributed by atoms with Crippen molar-refractivity contribution < 1.29 is 4.42 Å². The number of nitrogens with one attached hydrogen (secondary N) is 1. The Labute approximate surface area is 86.8 Å². The predicted octanol–water partition coefficient (Wildman–Crippen LogP) is 0.148. The summed E-state index contributed by atoms with van der Waals surface area (Å²) in [4.78, 5) is 0. The fourth-order valence-corrected chi connectivity index (χ4v) is 1.49. The van der Waals surface area contributed by atoms with Gasteiger partial charge < -0.3 is 10.2 Å². The van der Waals surface area contributed by atoms with Gasteiger partial charge in [0.25, 0.3) is 0 Å². The fraction of sp³-hybridized carbons (Fsp3) is 0.222. The minimum Gasteiger partial charge on any atom is -0.472 e. The Kier molecular flexibility index (Phi) is 2.44. The first-order chi connectivity index (χ1) is 7.24. The maximum atomic E-state index is 5.86. The number of hydrogen-bond acceptors (Lipinski definition) is 5. The van der Waals surface area contributed by atoms with E-state index in [0.29, 0.717) is 5.82 Å². The number of aromatic nitrogens is 2. The summed E-state index contributed by atoms with van der Waals surface area (Å²) in [6.07, 6.45) is 4.90. The molecule has 1 unspecified atom stereocenters. The highest BCUT2D eigenvalue weighted by atomic mass is 16.3. The summed E-state index contributed by atoms with van der Waals surface area (Å²) in [5, 5.41) is 4.06. The fourth-order valence-electron chi connectivity index (χ4n) is 1.49. The molecule has 0 aliphatic rings. The van der Waals surface area contributed by atoms with Crippen LogP contribution in [0.2, 0.25) is 0 Å². The Bertz CT molecular complexity index is 433. The zero-order valence-electron chi connectivity index (χ0n) is 8.34. The van der Waals surface area contributed by atoms with E-state index in [-0.39, 0.29) is 6.04 Å². The van der Waals surface area contributed by atoms with E-state index in [4.69, 9.17) is 16.0 Å². The van der Waals surface area contributed by atoms with Crippen LogP contribution in [0, 0.1) is 0 Å². The zero-order valence-corrected chi connectivity index (χ0v) is 8.34. The lowest BCUT2D eigenvalue weighted by Gasteiger charge is -2.13. The van der Waals surface area contributed by atoms with Gasteiger partial charge in [0.2, 0.25) is 0 Å². The Balaban J connectivity index is 2.40. The highest BCUT2D eigenvalue weighted by Crippen LogP contribution is 2.25. The van der Waals surface area contributed by atoms with Crippen molar-refractivity contribution >= 4 is 5.82 Å². The van der Waals surface area contributed by atoms with E-state index in [1.54, 1.807) is 30.5 Å². The average molecular weight is 207 g/mol. The van der Waals surface area contributed by atoms with Crippen LogP contribution in [0.1, 0.15) is 17.2 Å². The Morgan fingerprint density at radius 3 is 2.87 bits per heavy atom. The second-order valence-corrected chi connectivity index (χ2v) is 3.27. The number of nitrogens with two attached hydrogens (primary N) is 2. The van der Waals surface area contributed by atoms with Gasteiger partial charge in [0.1, 0.15) is 5.82 Å². The molecule has 0 radical (unpaired) electrons. The summed E-state index contributed by atoms with van der Waals surface area (Å²) < 4.78 is 6.60. The van der Waals surface area contributed by atoms with Gasteiger partial charge in [-0.3, -0.25) is 10.5 Å². The first-order valence-corrected chi connectivity index (χ1v) is 4.49. The molecule has 6 nitrogen and oxygen atoms in total. The molecule has 0 saturated carbocycles. The summed E-state index contributed by atoms with van der Waals surface area (Å²) in [7, 11) is 1.78. The third kappa shape index (κ3) is 1.60. The molecular formula is C9H13N5O. The summed E-state index contributed by atoms with van der Waals surface area (Å²) in [5.41, 5.74) is 10.3.